The first kappa shape index (κ1) is 24.5. The van der Waals surface area contributed by atoms with Crippen LogP contribution in [0, 0.1) is 5.41 Å². The monoisotopic (exact) mass is 543 g/mol. The van der Waals surface area contributed by atoms with E-state index in [2.05, 4.69) is 24.0 Å². The SMILES string of the molecule is CC1(C)CC(=O)C2=C(C1)N(c1nnc(SCc3ccccc3Cl)s1)C(=O)C[C@@H]2c1ccc(Cl)cc1. The topological polar surface area (TPSA) is 63.2 Å². The normalized spacial score (nSPS) is 19.8. The van der Waals surface area contributed by atoms with Gasteiger partial charge in [0, 0.05) is 45.8 Å². The van der Waals surface area contributed by atoms with Crippen molar-refractivity contribution >= 4 is 63.1 Å². The van der Waals surface area contributed by atoms with Gasteiger partial charge in [-0.1, -0.05) is 90.5 Å². The third-order valence-corrected chi connectivity index (χ3v) is 9.02. The van der Waals surface area contributed by atoms with Gasteiger partial charge in [0.15, 0.2) is 10.1 Å². The van der Waals surface area contributed by atoms with E-state index < -0.39 is 0 Å². The number of hydrogen-bond acceptors (Lipinski definition) is 6. The number of nitrogens with zero attached hydrogens (tertiary/aromatic N) is 3. The Bertz CT molecular complexity index is 1330. The summed E-state index contributed by atoms with van der Waals surface area (Å²) in [5.74, 6) is 0.386. The van der Waals surface area contributed by atoms with Gasteiger partial charge in [0.05, 0.1) is 0 Å². The maximum Gasteiger partial charge on any atom is 0.234 e. The van der Waals surface area contributed by atoms with Crippen LogP contribution in [0.3, 0.4) is 0 Å². The molecule has 0 fully saturated rings. The summed E-state index contributed by atoms with van der Waals surface area (Å²) in [6, 6.07) is 15.1. The third kappa shape index (κ3) is 5.05. The summed E-state index contributed by atoms with van der Waals surface area (Å²) in [5.41, 5.74) is 3.16. The van der Waals surface area contributed by atoms with Crippen molar-refractivity contribution in [1.82, 2.24) is 10.2 Å². The van der Waals surface area contributed by atoms with Gasteiger partial charge in [0.2, 0.25) is 11.0 Å². The Morgan fingerprint density at radius 1 is 1.06 bits per heavy atom. The number of thioether (sulfide) groups is 1. The molecule has 9 heteroatoms. The number of hydrogen-bond donors (Lipinski definition) is 0. The summed E-state index contributed by atoms with van der Waals surface area (Å²) in [4.78, 5) is 28.6. The molecule has 5 rings (SSSR count). The van der Waals surface area contributed by atoms with Crippen molar-refractivity contribution in [2.75, 3.05) is 4.90 Å². The first-order valence-electron chi connectivity index (χ1n) is 11.3. The maximum atomic E-state index is 13.5. The van der Waals surface area contributed by atoms with E-state index in [1.807, 2.05) is 36.4 Å². The zero-order chi connectivity index (χ0) is 24.7. The lowest BCUT2D eigenvalue weighted by Crippen LogP contribution is -2.43. The minimum Gasteiger partial charge on any atom is -0.294 e. The zero-order valence-electron chi connectivity index (χ0n) is 19.3. The Labute approximate surface area is 222 Å². The van der Waals surface area contributed by atoms with Gasteiger partial charge in [-0.25, -0.2) is 0 Å². The predicted octanol–water partition coefficient (Wildman–Crippen LogP) is 7.30. The summed E-state index contributed by atoms with van der Waals surface area (Å²) >= 11 is 15.3. The smallest absolute Gasteiger partial charge is 0.234 e. The number of ketones is 1. The molecule has 1 aliphatic carbocycles. The second kappa shape index (κ2) is 9.69. The summed E-state index contributed by atoms with van der Waals surface area (Å²) in [5, 5.41) is 10.5. The first-order valence-corrected chi connectivity index (χ1v) is 13.8. The van der Waals surface area contributed by atoms with E-state index >= 15 is 0 Å². The number of aromatic nitrogens is 2. The fourth-order valence-corrected chi connectivity index (χ4v) is 7.02. The Kier molecular flexibility index (Phi) is 6.79. The molecule has 0 bridgehead atoms. The standard InChI is InChI=1S/C26H23Cl2N3O2S2/c1-26(2)12-20-23(21(32)13-26)18(15-7-9-17(27)10-8-15)11-22(33)31(20)24-29-30-25(35-24)34-14-16-5-3-4-6-19(16)28/h3-10,18H,11-14H2,1-2H3/t18-/m1/s1. The molecule has 0 N–H and O–H groups in total. The van der Waals surface area contributed by atoms with E-state index in [1.165, 1.54) is 23.1 Å². The lowest BCUT2D eigenvalue weighted by atomic mass is 9.69. The molecule has 1 atom stereocenters. The van der Waals surface area contributed by atoms with Crippen LogP contribution in [0.15, 0.2) is 64.1 Å². The fraction of sp³-hybridized carbons (Fsp3) is 0.308. The Morgan fingerprint density at radius 2 is 1.80 bits per heavy atom. The van der Waals surface area contributed by atoms with Crippen LogP contribution in [0.25, 0.3) is 0 Å². The van der Waals surface area contributed by atoms with Crippen LogP contribution in [0.5, 0.6) is 0 Å². The molecule has 2 aromatic carbocycles. The van der Waals surface area contributed by atoms with E-state index in [9.17, 15) is 9.59 Å². The molecule has 0 saturated heterocycles. The van der Waals surface area contributed by atoms with Crippen molar-refractivity contribution in [2.45, 2.75) is 49.1 Å². The number of Topliss-reactive ketones (excluding diaryl/α,β-unsaturated/α-hetero) is 1. The average Bonchev–Trinajstić information content (AvgIpc) is 3.26. The number of halogens is 2. The molecule has 35 heavy (non-hydrogen) atoms. The minimum absolute atomic E-state index is 0.0759. The summed E-state index contributed by atoms with van der Waals surface area (Å²) in [6.45, 7) is 4.13. The molecule has 5 nitrogen and oxygen atoms in total. The third-order valence-electron chi connectivity index (χ3n) is 6.31. The molecule has 1 aromatic heterocycles. The molecule has 3 aromatic rings. The highest BCUT2D eigenvalue weighted by atomic mass is 35.5. The lowest BCUT2D eigenvalue weighted by Gasteiger charge is -2.41. The van der Waals surface area contributed by atoms with Crippen molar-refractivity contribution in [3.63, 3.8) is 0 Å². The highest BCUT2D eigenvalue weighted by molar-refractivity contribution is 8.00. The van der Waals surface area contributed by atoms with E-state index in [0.717, 1.165) is 21.2 Å². The molecule has 0 saturated carbocycles. The molecule has 1 aliphatic heterocycles. The first-order chi connectivity index (χ1) is 16.7. The van der Waals surface area contributed by atoms with E-state index in [-0.39, 0.29) is 29.4 Å². The van der Waals surface area contributed by atoms with Gasteiger partial charge in [-0.15, -0.1) is 10.2 Å². The molecule has 0 radical (unpaired) electrons. The van der Waals surface area contributed by atoms with Crippen molar-refractivity contribution in [1.29, 1.82) is 0 Å². The van der Waals surface area contributed by atoms with Crippen LogP contribution in [-0.2, 0) is 15.3 Å². The molecule has 0 spiro atoms. The highest BCUT2D eigenvalue weighted by Gasteiger charge is 2.45. The molecule has 2 aliphatic rings. The fourth-order valence-electron chi connectivity index (χ4n) is 4.72. The number of allylic oxidation sites excluding steroid dienone is 2. The van der Waals surface area contributed by atoms with Crippen LogP contribution >= 0.6 is 46.3 Å². The van der Waals surface area contributed by atoms with Gasteiger partial charge >= 0.3 is 0 Å². The van der Waals surface area contributed by atoms with Crippen LogP contribution in [0.4, 0.5) is 5.13 Å². The number of carbonyl (C=O) groups is 2. The van der Waals surface area contributed by atoms with E-state index in [1.54, 1.807) is 17.0 Å². The van der Waals surface area contributed by atoms with E-state index in [4.69, 9.17) is 23.2 Å². The number of rotatable bonds is 5. The summed E-state index contributed by atoms with van der Waals surface area (Å²) in [6.07, 6.45) is 1.27. The quantitative estimate of drug-likeness (QED) is 0.249. The summed E-state index contributed by atoms with van der Waals surface area (Å²) < 4.78 is 0.746. The molecule has 180 valence electrons. The largest absolute Gasteiger partial charge is 0.294 e. The van der Waals surface area contributed by atoms with Crippen molar-refractivity contribution in [3.8, 4) is 0 Å². The van der Waals surface area contributed by atoms with Gasteiger partial charge < -0.3 is 0 Å². The molecule has 1 amide bonds. The van der Waals surface area contributed by atoms with Gasteiger partial charge in [-0.2, -0.15) is 0 Å². The van der Waals surface area contributed by atoms with Crippen molar-refractivity contribution in [2.24, 2.45) is 5.41 Å². The van der Waals surface area contributed by atoms with Gasteiger partial charge in [-0.05, 0) is 41.2 Å². The zero-order valence-corrected chi connectivity index (χ0v) is 22.4. The maximum absolute atomic E-state index is 13.5. The van der Waals surface area contributed by atoms with Crippen LogP contribution < -0.4 is 4.90 Å². The second-order valence-corrected chi connectivity index (χ2v) is 12.6. The molecule has 2 heterocycles. The van der Waals surface area contributed by atoms with Gasteiger partial charge in [0.25, 0.3) is 0 Å². The Balaban J connectivity index is 1.49. The summed E-state index contributed by atoms with van der Waals surface area (Å²) in [7, 11) is 0. The number of carbonyl (C=O) groups excluding carboxylic acids is 2. The molecular formula is C26H23Cl2N3O2S2. The molecule has 0 unspecified atom stereocenters. The second-order valence-electron chi connectivity index (χ2n) is 9.57. The Morgan fingerprint density at radius 3 is 2.54 bits per heavy atom. The Hall–Kier alpha value is -2.19. The highest BCUT2D eigenvalue weighted by Crippen LogP contribution is 2.49. The molecular weight excluding hydrogens is 521 g/mol. The minimum atomic E-state index is -0.281. The predicted molar refractivity (Wildman–Crippen MR) is 142 cm³/mol. The number of amides is 1. The number of benzene rings is 2. The van der Waals surface area contributed by atoms with Crippen molar-refractivity contribution in [3.05, 3.63) is 81.0 Å². The average molecular weight is 545 g/mol. The lowest BCUT2D eigenvalue weighted by molar-refractivity contribution is -0.121. The number of anilines is 1. The van der Waals surface area contributed by atoms with Crippen molar-refractivity contribution < 1.29 is 9.59 Å². The van der Waals surface area contributed by atoms with Crippen LogP contribution in [-0.4, -0.2) is 21.9 Å². The van der Waals surface area contributed by atoms with Gasteiger partial charge in [0.1, 0.15) is 0 Å². The van der Waals surface area contributed by atoms with Crippen LogP contribution in [0.2, 0.25) is 10.0 Å². The van der Waals surface area contributed by atoms with E-state index in [0.29, 0.717) is 39.3 Å². The van der Waals surface area contributed by atoms with Gasteiger partial charge in [-0.3, -0.25) is 14.5 Å². The van der Waals surface area contributed by atoms with Crippen LogP contribution in [0.1, 0.15) is 50.2 Å².